The Hall–Kier alpha value is -1.95. The average Bonchev–Trinajstić information content (AvgIpc) is 2.89. The number of aromatic amines is 1. The van der Waals surface area contributed by atoms with E-state index in [-0.39, 0.29) is 11.6 Å². The minimum absolute atomic E-state index is 0.0524. The Bertz CT molecular complexity index is 576. The van der Waals surface area contributed by atoms with Gasteiger partial charge in [-0.15, -0.1) is 10.2 Å². The number of pyridine rings is 1. The van der Waals surface area contributed by atoms with Crippen LogP contribution in [0.5, 0.6) is 0 Å². The van der Waals surface area contributed by atoms with Gasteiger partial charge < -0.3 is 14.7 Å². The number of hydrogen-bond acceptors (Lipinski definition) is 5. The van der Waals surface area contributed by atoms with Gasteiger partial charge in [0.2, 0.25) is 11.4 Å². The Balaban J connectivity index is 2.20. The molecule has 2 aromatic heterocycles. The van der Waals surface area contributed by atoms with Gasteiger partial charge in [-0.1, -0.05) is 19.9 Å². The summed E-state index contributed by atoms with van der Waals surface area (Å²) in [6.45, 7) is 5.06. The maximum Gasteiger partial charge on any atom is 0.264 e. The molecule has 2 N–H and O–H groups in total. The van der Waals surface area contributed by atoms with Crippen molar-refractivity contribution in [3.63, 3.8) is 0 Å². The molecule has 102 valence electrons. The zero-order valence-electron chi connectivity index (χ0n) is 11.1. The summed E-state index contributed by atoms with van der Waals surface area (Å²) in [4.78, 5) is 13.9. The number of aromatic nitrogens is 3. The second-order valence-corrected chi connectivity index (χ2v) is 4.29. The molecule has 0 radical (unpaired) electrons. The first kappa shape index (κ1) is 13.5. The van der Waals surface area contributed by atoms with Gasteiger partial charge in [-0.05, 0) is 25.5 Å². The fourth-order valence-electron chi connectivity index (χ4n) is 1.78. The Morgan fingerprint density at radius 2 is 2.21 bits per heavy atom. The Morgan fingerprint density at radius 3 is 2.89 bits per heavy atom. The summed E-state index contributed by atoms with van der Waals surface area (Å²) in [5.74, 6) is 0.889. The zero-order chi connectivity index (χ0) is 13.7. The van der Waals surface area contributed by atoms with E-state index >= 15 is 0 Å². The third kappa shape index (κ3) is 3.29. The highest BCUT2D eigenvalue weighted by Gasteiger charge is 2.17. The van der Waals surface area contributed by atoms with E-state index in [1.807, 2.05) is 0 Å². The van der Waals surface area contributed by atoms with Gasteiger partial charge in [0.05, 0.1) is 6.04 Å². The number of nitrogens with zero attached hydrogens (tertiary/aromatic N) is 2. The predicted molar refractivity (Wildman–Crippen MR) is 71.7 cm³/mol. The van der Waals surface area contributed by atoms with Crippen molar-refractivity contribution in [2.75, 3.05) is 6.54 Å². The summed E-state index contributed by atoms with van der Waals surface area (Å²) in [7, 11) is 0. The summed E-state index contributed by atoms with van der Waals surface area (Å²) in [5.41, 5.74) is 0.352. The molecule has 0 saturated carbocycles. The van der Waals surface area contributed by atoms with E-state index in [0.29, 0.717) is 17.5 Å². The van der Waals surface area contributed by atoms with E-state index in [9.17, 15) is 4.79 Å². The number of rotatable bonds is 6. The molecule has 2 heterocycles. The van der Waals surface area contributed by atoms with Crippen LogP contribution in [0, 0.1) is 0 Å². The fourth-order valence-corrected chi connectivity index (χ4v) is 1.78. The first-order valence-electron chi connectivity index (χ1n) is 6.51. The summed E-state index contributed by atoms with van der Waals surface area (Å²) < 4.78 is 5.62. The smallest absolute Gasteiger partial charge is 0.264 e. The van der Waals surface area contributed by atoms with Crippen LogP contribution < -0.4 is 10.9 Å². The van der Waals surface area contributed by atoms with Crippen molar-refractivity contribution < 1.29 is 4.42 Å². The Morgan fingerprint density at radius 1 is 1.37 bits per heavy atom. The van der Waals surface area contributed by atoms with Crippen molar-refractivity contribution in [2.45, 2.75) is 32.7 Å². The third-order valence-corrected chi connectivity index (χ3v) is 2.79. The quantitative estimate of drug-likeness (QED) is 0.830. The molecule has 0 aliphatic rings. The Kier molecular flexibility index (Phi) is 4.46. The molecule has 0 aromatic carbocycles. The van der Waals surface area contributed by atoms with Crippen LogP contribution >= 0.6 is 0 Å². The highest BCUT2D eigenvalue weighted by molar-refractivity contribution is 5.44. The minimum atomic E-state index is -0.187. The highest BCUT2D eigenvalue weighted by atomic mass is 16.4. The summed E-state index contributed by atoms with van der Waals surface area (Å²) in [5, 5.41) is 11.4. The summed E-state index contributed by atoms with van der Waals surface area (Å²) >= 11 is 0. The summed E-state index contributed by atoms with van der Waals surface area (Å²) in [6, 6.07) is 4.89. The van der Waals surface area contributed by atoms with Crippen LogP contribution in [0.15, 0.2) is 27.4 Å². The van der Waals surface area contributed by atoms with Crippen LogP contribution in [0.2, 0.25) is 0 Å². The largest absolute Gasteiger partial charge is 0.418 e. The SMILES string of the molecule is CCCNC(CC)c1nnc(-c2cccc(=O)[nH]2)o1. The monoisotopic (exact) mass is 262 g/mol. The average molecular weight is 262 g/mol. The van der Waals surface area contributed by atoms with E-state index in [4.69, 9.17) is 4.42 Å². The van der Waals surface area contributed by atoms with Gasteiger partial charge in [0.1, 0.15) is 5.69 Å². The number of H-pyrrole nitrogens is 1. The molecule has 2 rings (SSSR count). The maximum absolute atomic E-state index is 11.2. The molecule has 0 bridgehead atoms. The van der Waals surface area contributed by atoms with Crippen molar-refractivity contribution in [3.8, 4) is 11.6 Å². The van der Waals surface area contributed by atoms with Gasteiger partial charge in [-0.3, -0.25) is 4.79 Å². The minimum Gasteiger partial charge on any atom is -0.418 e. The lowest BCUT2D eigenvalue weighted by molar-refractivity contribution is 0.395. The van der Waals surface area contributed by atoms with Crippen LogP contribution in [0.3, 0.4) is 0 Å². The first-order chi connectivity index (χ1) is 9.24. The molecule has 0 aliphatic heterocycles. The molecule has 0 saturated heterocycles. The Labute approximate surface area is 111 Å². The number of nitrogens with one attached hydrogen (secondary N) is 2. The molecule has 0 amide bonds. The molecule has 0 aliphatic carbocycles. The van der Waals surface area contributed by atoms with Gasteiger partial charge in [0, 0.05) is 6.07 Å². The molecule has 1 unspecified atom stereocenters. The van der Waals surface area contributed by atoms with Gasteiger partial charge in [-0.25, -0.2) is 0 Å². The van der Waals surface area contributed by atoms with Crippen molar-refractivity contribution in [3.05, 3.63) is 34.4 Å². The van der Waals surface area contributed by atoms with E-state index < -0.39 is 0 Å². The zero-order valence-corrected chi connectivity index (χ0v) is 11.1. The second-order valence-electron chi connectivity index (χ2n) is 4.29. The third-order valence-electron chi connectivity index (χ3n) is 2.79. The second kappa shape index (κ2) is 6.29. The van der Waals surface area contributed by atoms with Crippen LogP contribution in [0.4, 0.5) is 0 Å². The van der Waals surface area contributed by atoms with Crippen LogP contribution in [0.25, 0.3) is 11.6 Å². The molecule has 6 nitrogen and oxygen atoms in total. The van der Waals surface area contributed by atoms with Gasteiger partial charge in [-0.2, -0.15) is 0 Å². The normalized spacial score (nSPS) is 12.5. The van der Waals surface area contributed by atoms with Gasteiger partial charge in [0.25, 0.3) is 5.89 Å². The highest BCUT2D eigenvalue weighted by Crippen LogP contribution is 2.19. The number of hydrogen-bond donors (Lipinski definition) is 2. The van der Waals surface area contributed by atoms with E-state index in [0.717, 1.165) is 19.4 Å². The van der Waals surface area contributed by atoms with E-state index in [2.05, 4.69) is 34.3 Å². The molecule has 0 fully saturated rings. The first-order valence-corrected chi connectivity index (χ1v) is 6.51. The van der Waals surface area contributed by atoms with Gasteiger partial charge >= 0.3 is 0 Å². The molecule has 19 heavy (non-hydrogen) atoms. The lowest BCUT2D eigenvalue weighted by Crippen LogP contribution is -2.21. The topological polar surface area (TPSA) is 83.8 Å². The predicted octanol–water partition coefficient (Wildman–Crippen LogP) is 1.88. The maximum atomic E-state index is 11.2. The van der Waals surface area contributed by atoms with Crippen molar-refractivity contribution >= 4 is 0 Å². The van der Waals surface area contributed by atoms with Crippen molar-refractivity contribution in [1.29, 1.82) is 0 Å². The van der Waals surface area contributed by atoms with Gasteiger partial charge in [0.15, 0.2) is 0 Å². The van der Waals surface area contributed by atoms with Crippen LogP contribution in [-0.4, -0.2) is 21.7 Å². The molecule has 6 heteroatoms. The molecule has 2 aromatic rings. The lowest BCUT2D eigenvalue weighted by atomic mass is 10.2. The van der Waals surface area contributed by atoms with Crippen molar-refractivity contribution in [1.82, 2.24) is 20.5 Å². The van der Waals surface area contributed by atoms with Crippen molar-refractivity contribution in [2.24, 2.45) is 0 Å². The molecule has 1 atom stereocenters. The molecular weight excluding hydrogens is 244 g/mol. The van der Waals surface area contributed by atoms with E-state index in [1.165, 1.54) is 6.07 Å². The summed E-state index contributed by atoms with van der Waals surface area (Å²) in [6.07, 6.45) is 1.91. The lowest BCUT2D eigenvalue weighted by Gasteiger charge is -2.11. The standard InChI is InChI=1S/C13H18N4O2/c1-3-8-14-9(4-2)12-16-17-13(19-12)10-6-5-7-11(18)15-10/h5-7,9,14H,3-4,8H2,1-2H3,(H,15,18). The molecular formula is C13H18N4O2. The van der Waals surface area contributed by atoms with Crippen LogP contribution in [-0.2, 0) is 0 Å². The molecule has 0 spiro atoms. The van der Waals surface area contributed by atoms with E-state index in [1.54, 1.807) is 12.1 Å². The van der Waals surface area contributed by atoms with Crippen LogP contribution in [0.1, 0.15) is 38.6 Å². The fraction of sp³-hybridized carbons (Fsp3) is 0.462.